The van der Waals surface area contributed by atoms with Gasteiger partial charge in [0.05, 0.1) is 16.1 Å². The van der Waals surface area contributed by atoms with Crippen LogP contribution in [0.1, 0.15) is 12.8 Å². The van der Waals surface area contributed by atoms with Crippen molar-refractivity contribution in [2.45, 2.75) is 12.8 Å². The fraction of sp³-hybridized carbons (Fsp3) is 0.375. The average molecular weight is 468 g/mol. The molecule has 0 bridgehead atoms. The summed E-state index contributed by atoms with van der Waals surface area (Å²) in [4.78, 5) is 37.5. The fourth-order valence-corrected chi connectivity index (χ4v) is 4.94. The molecule has 8 nitrogen and oxygen atoms in total. The van der Waals surface area contributed by atoms with Gasteiger partial charge in [0, 0.05) is 56.4 Å². The highest BCUT2D eigenvalue weighted by atomic mass is 35.5. The number of fused-ring (bicyclic) bond motifs is 1. The number of rotatable bonds is 3. The van der Waals surface area contributed by atoms with E-state index in [1.165, 1.54) is 4.90 Å². The largest absolute Gasteiger partial charge is 0.465 e. The zero-order valence-electron chi connectivity index (χ0n) is 18.2. The summed E-state index contributed by atoms with van der Waals surface area (Å²) >= 11 is 6.51. The van der Waals surface area contributed by atoms with Crippen LogP contribution in [-0.2, 0) is 4.79 Å². The Hall–Kier alpha value is -3.26. The van der Waals surface area contributed by atoms with Gasteiger partial charge in [-0.25, -0.2) is 9.78 Å². The van der Waals surface area contributed by atoms with Crippen LogP contribution < -0.4 is 4.90 Å². The number of carboxylic acid groups (broad SMARTS) is 1. The summed E-state index contributed by atoms with van der Waals surface area (Å²) in [5, 5.41) is 9.74. The summed E-state index contributed by atoms with van der Waals surface area (Å²) in [5.41, 5.74) is 3.80. The van der Waals surface area contributed by atoms with Gasteiger partial charge < -0.3 is 24.8 Å². The third-order valence-electron chi connectivity index (χ3n) is 6.67. The Morgan fingerprint density at radius 3 is 2.36 bits per heavy atom. The topological polar surface area (TPSA) is 92.8 Å². The number of halogens is 1. The van der Waals surface area contributed by atoms with E-state index in [0.717, 1.165) is 54.0 Å². The molecule has 9 heteroatoms. The van der Waals surface area contributed by atoms with E-state index in [1.54, 1.807) is 0 Å². The SMILES string of the molecule is O=C(O)N1CCN(C(=O)C2CCN(c3ccc(Cl)c(-c4nc5ccccc5[nH]4)c3)CC2)CC1. The monoisotopic (exact) mass is 467 g/mol. The highest BCUT2D eigenvalue weighted by molar-refractivity contribution is 6.33. The molecule has 1 aromatic heterocycles. The van der Waals surface area contributed by atoms with Gasteiger partial charge in [0.15, 0.2) is 0 Å². The number of aromatic amines is 1. The van der Waals surface area contributed by atoms with Gasteiger partial charge in [0.25, 0.3) is 0 Å². The lowest BCUT2D eigenvalue weighted by atomic mass is 9.94. The van der Waals surface area contributed by atoms with Crippen molar-refractivity contribution in [1.82, 2.24) is 19.8 Å². The number of benzene rings is 2. The maximum Gasteiger partial charge on any atom is 0.407 e. The molecule has 3 aromatic rings. The zero-order valence-corrected chi connectivity index (χ0v) is 19.0. The highest BCUT2D eigenvalue weighted by Crippen LogP contribution is 2.33. The predicted octanol–water partition coefficient (Wildman–Crippen LogP) is 3.92. The van der Waals surface area contributed by atoms with Gasteiger partial charge in [0.2, 0.25) is 5.91 Å². The molecule has 5 rings (SSSR count). The molecule has 0 atom stereocenters. The van der Waals surface area contributed by atoms with Crippen LogP contribution in [0, 0.1) is 5.92 Å². The molecule has 0 saturated carbocycles. The van der Waals surface area contributed by atoms with Crippen LogP contribution >= 0.6 is 11.6 Å². The Kier molecular flexibility index (Phi) is 5.85. The molecule has 0 unspecified atom stereocenters. The first-order valence-corrected chi connectivity index (χ1v) is 11.6. The summed E-state index contributed by atoms with van der Waals surface area (Å²) in [6.07, 6.45) is 0.640. The molecule has 3 heterocycles. The predicted molar refractivity (Wildman–Crippen MR) is 128 cm³/mol. The summed E-state index contributed by atoms with van der Waals surface area (Å²) in [6.45, 7) is 3.29. The number of piperidine rings is 1. The van der Waals surface area contributed by atoms with Crippen molar-refractivity contribution in [3.05, 3.63) is 47.5 Å². The van der Waals surface area contributed by atoms with Gasteiger partial charge in [-0.05, 0) is 43.2 Å². The van der Waals surface area contributed by atoms with Crippen LogP contribution in [0.4, 0.5) is 10.5 Å². The van der Waals surface area contributed by atoms with E-state index in [9.17, 15) is 9.59 Å². The molecule has 172 valence electrons. The summed E-state index contributed by atoms with van der Waals surface area (Å²) < 4.78 is 0. The highest BCUT2D eigenvalue weighted by Gasteiger charge is 2.31. The van der Waals surface area contributed by atoms with Crippen molar-refractivity contribution in [2.24, 2.45) is 5.92 Å². The third kappa shape index (κ3) is 4.35. The molecule has 2 aliphatic heterocycles. The lowest BCUT2D eigenvalue weighted by Crippen LogP contribution is -2.52. The zero-order chi connectivity index (χ0) is 22.9. The number of carbonyl (C=O) groups is 2. The summed E-state index contributed by atoms with van der Waals surface area (Å²) in [5.74, 6) is 0.882. The van der Waals surface area contributed by atoms with E-state index in [0.29, 0.717) is 31.2 Å². The molecule has 0 aliphatic carbocycles. The smallest absolute Gasteiger partial charge is 0.407 e. The summed E-state index contributed by atoms with van der Waals surface area (Å²) in [7, 11) is 0. The van der Waals surface area contributed by atoms with E-state index in [4.69, 9.17) is 16.7 Å². The number of aromatic nitrogens is 2. The van der Waals surface area contributed by atoms with Crippen LogP contribution in [0.5, 0.6) is 0 Å². The molecule has 33 heavy (non-hydrogen) atoms. The van der Waals surface area contributed by atoms with Crippen LogP contribution in [-0.4, -0.2) is 76.1 Å². The first-order chi connectivity index (χ1) is 16.0. The first-order valence-electron chi connectivity index (χ1n) is 11.3. The van der Waals surface area contributed by atoms with Crippen molar-refractivity contribution in [1.29, 1.82) is 0 Å². The van der Waals surface area contributed by atoms with Crippen LogP contribution in [0.25, 0.3) is 22.4 Å². The van der Waals surface area contributed by atoms with Gasteiger partial charge in [-0.15, -0.1) is 0 Å². The van der Waals surface area contributed by atoms with E-state index < -0.39 is 6.09 Å². The number of piperazine rings is 1. The lowest BCUT2D eigenvalue weighted by molar-refractivity contribution is -0.137. The number of imidazole rings is 1. The molecule has 0 spiro atoms. The Balaban J connectivity index is 1.24. The molecule has 0 radical (unpaired) electrons. The van der Waals surface area contributed by atoms with Crippen molar-refractivity contribution < 1.29 is 14.7 Å². The number of amides is 2. The second-order valence-corrected chi connectivity index (χ2v) is 9.03. The maximum atomic E-state index is 13.0. The number of para-hydroxylation sites is 2. The molecule has 2 aliphatic rings. The van der Waals surface area contributed by atoms with Crippen molar-refractivity contribution >= 4 is 40.3 Å². The average Bonchev–Trinajstić information content (AvgIpc) is 3.28. The molecule has 2 fully saturated rings. The second kappa shape index (κ2) is 8.94. The molecule has 2 amide bonds. The molecular weight excluding hydrogens is 442 g/mol. The number of anilines is 1. The lowest BCUT2D eigenvalue weighted by Gasteiger charge is -2.38. The Morgan fingerprint density at radius 1 is 0.970 bits per heavy atom. The van der Waals surface area contributed by atoms with Crippen LogP contribution in [0.2, 0.25) is 5.02 Å². The summed E-state index contributed by atoms with van der Waals surface area (Å²) in [6, 6.07) is 13.9. The maximum absolute atomic E-state index is 13.0. The Morgan fingerprint density at radius 2 is 1.67 bits per heavy atom. The Bertz CT molecular complexity index is 1150. The second-order valence-electron chi connectivity index (χ2n) is 8.62. The number of hydrogen-bond donors (Lipinski definition) is 2. The van der Waals surface area contributed by atoms with E-state index in [-0.39, 0.29) is 11.8 Å². The number of carbonyl (C=O) groups excluding carboxylic acids is 1. The number of hydrogen-bond acceptors (Lipinski definition) is 4. The molecule has 2 N–H and O–H groups in total. The van der Waals surface area contributed by atoms with Gasteiger partial charge in [0.1, 0.15) is 5.82 Å². The van der Waals surface area contributed by atoms with Gasteiger partial charge in [-0.2, -0.15) is 0 Å². The van der Waals surface area contributed by atoms with Gasteiger partial charge in [-0.1, -0.05) is 23.7 Å². The molecule has 2 aromatic carbocycles. The third-order valence-corrected chi connectivity index (χ3v) is 7.00. The minimum absolute atomic E-state index is 0.0141. The number of nitrogens with zero attached hydrogens (tertiary/aromatic N) is 4. The van der Waals surface area contributed by atoms with Crippen molar-refractivity contribution in [3.8, 4) is 11.4 Å². The Labute approximate surface area is 196 Å². The normalized spacial score (nSPS) is 17.5. The standard InChI is InChI=1S/C24H26ClN5O3/c25-19-6-5-17(15-18(19)22-26-20-3-1-2-4-21(20)27-22)28-9-7-16(8-10-28)23(31)29-11-13-30(14-12-29)24(32)33/h1-6,15-16H,7-14H2,(H,26,27)(H,32,33). The van der Waals surface area contributed by atoms with Crippen LogP contribution in [0.3, 0.4) is 0 Å². The first kappa shape index (κ1) is 21.6. The van der Waals surface area contributed by atoms with Crippen LogP contribution in [0.15, 0.2) is 42.5 Å². The van der Waals surface area contributed by atoms with Crippen molar-refractivity contribution in [2.75, 3.05) is 44.2 Å². The quantitative estimate of drug-likeness (QED) is 0.609. The van der Waals surface area contributed by atoms with Gasteiger partial charge in [-0.3, -0.25) is 4.79 Å². The van der Waals surface area contributed by atoms with E-state index in [2.05, 4.69) is 20.9 Å². The van der Waals surface area contributed by atoms with Gasteiger partial charge >= 0.3 is 6.09 Å². The van der Waals surface area contributed by atoms with E-state index >= 15 is 0 Å². The minimum atomic E-state index is -0.916. The number of nitrogens with one attached hydrogen (secondary N) is 1. The van der Waals surface area contributed by atoms with Crippen molar-refractivity contribution in [3.63, 3.8) is 0 Å². The van der Waals surface area contributed by atoms with E-state index in [1.807, 2.05) is 41.3 Å². The fourth-order valence-electron chi connectivity index (χ4n) is 4.73. The minimum Gasteiger partial charge on any atom is -0.465 e. The molecular formula is C24H26ClN5O3. The number of H-pyrrole nitrogens is 1. The molecule has 2 saturated heterocycles.